The van der Waals surface area contributed by atoms with Crippen LogP contribution in [0.3, 0.4) is 0 Å². The molecule has 3 rings (SSSR count). The van der Waals surface area contributed by atoms with Crippen molar-refractivity contribution in [3.05, 3.63) is 47.5 Å². The number of fused-ring (bicyclic) bond motifs is 1. The van der Waals surface area contributed by atoms with Gasteiger partial charge in [-0.25, -0.2) is 0 Å². The lowest BCUT2D eigenvalue weighted by Gasteiger charge is -2.11. The summed E-state index contributed by atoms with van der Waals surface area (Å²) in [5, 5.41) is 0. The smallest absolute Gasteiger partial charge is 0.162 e. The van der Waals surface area contributed by atoms with E-state index >= 15 is 0 Å². The van der Waals surface area contributed by atoms with Crippen molar-refractivity contribution in [2.45, 2.75) is 12.8 Å². The van der Waals surface area contributed by atoms with Crippen LogP contribution in [-0.2, 0) is 12.8 Å². The molecular weight excluding hydrogens is 266 g/mol. The number of benzene rings is 2. The van der Waals surface area contributed by atoms with E-state index in [0.717, 1.165) is 30.9 Å². The van der Waals surface area contributed by atoms with E-state index in [2.05, 4.69) is 12.1 Å². The Morgan fingerprint density at radius 2 is 2.05 bits per heavy atom. The van der Waals surface area contributed by atoms with Gasteiger partial charge >= 0.3 is 0 Å². The lowest BCUT2D eigenvalue weighted by atomic mass is 10.1. The van der Waals surface area contributed by atoms with Crippen molar-refractivity contribution in [3.63, 3.8) is 0 Å². The molecule has 2 aromatic rings. The van der Waals surface area contributed by atoms with Gasteiger partial charge in [0.1, 0.15) is 5.75 Å². The van der Waals surface area contributed by atoms with Gasteiger partial charge in [0.25, 0.3) is 0 Å². The summed E-state index contributed by atoms with van der Waals surface area (Å²) in [5.41, 5.74) is 8.94. The zero-order chi connectivity index (χ0) is 14.7. The molecular formula is C17H19NO3. The molecule has 2 aromatic carbocycles. The number of ether oxygens (including phenoxy) is 3. The molecule has 0 spiro atoms. The largest absolute Gasteiger partial charge is 0.493 e. The van der Waals surface area contributed by atoms with E-state index < -0.39 is 0 Å². The maximum absolute atomic E-state index is 5.79. The minimum Gasteiger partial charge on any atom is -0.493 e. The highest BCUT2D eigenvalue weighted by Gasteiger charge is 2.12. The second kappa shape index (κ2) is 5.95. The van der Waals surface area contributed by atoms with Crippen molar-refractivity contribution in [1.82, 2.24) is 0 Å². The predicted octanol–water partition coefficient (Wildman–Crippen LogP) is 2.83. The van der Waals surface area contributed by atoms with Crippen molar-refractivity contribution in [1.29, 1.82) is 0 Å². The fourth-order valence-corrected chi connectivity index (χ4v) is 2.48. The van der Waals surface area contributed by atoms with E-state index in [-0.39, 0.29) is 0 Å². The van der Waals surface area contributed by atoms with Gasteiger partial charge in [0, 0.05) is 24.6 Å². The molecule has 1 aliphatic heterocycles. The molecule has 4 heteroatoms. The maximum Gasteiger partial charge on any atom is 0.162 e. The Hall–Kier alpha value is -2.36. The van der Waals surface area contributed by atoms with Crippen LogP contribution in [0.4, 0.5) is 5.69 Å². The molecule has 0 unspecified atom stereocenters. The fourth-order valence-electron chi connectivity index (χ4n) is 2.48. The van der Waals surface area contributed by atoms with E-state index in [1.165, 1.54) is 11.1 Å². The molecule has 110 valence electrons. The van der Waals surface area contributed by atoms with Crippen molar-refractivity contribution >= 4 is 5.69 Å². The summed E-state index contributed by atoms with van der Waals surface area (Å²) in [4.78, 5) is 0. The summed E-state index contributed by atoms with van der Waals surface area (Å²) in [5.74, 6) is 2.40. The average molecular weight is 285 g/mol. The number of rotatable bonds is 5. The number of nitrogen functional groups attached to an aromatic ring is 1. The van der Waals surface area contributed by atoms with E-state index in [1.54, 1.807) is 13.2 Å². The van der Waals surface area contributed by atoms with Crippen LogP contribution in [0, 0.1) is 0 Å². The van der Waals surface area contributed by atoms with Crippen molar-refractivity contribution in [3.8, 4) is 17.2 Å². The molecule has 0 atom stereocenters. The van der Waals surface area contributed by atoms with Gasteiger partial charge in [-0.15, -0.1) is 0 Å². The molecule has 1 aliphatic rings. The second-order valence-electron chi connectivity index (χ2n) is 5.05. The van der Waals surface area contributed by atoms with E-state index in [1.807, 2.05) is 18.2 Å². The number of hydrogen-bond acceptors (Lipinski definition) is 4. The fraction of sp³-hybridized carbons (Fsp3) is 0.294. The summed E-state index contributed by atoms with van der Waals surface area (Å²) in [6, 6.07) is 11.7. The molecule has 0 aromatic heterocycles. The first-order chi connectivity index (χ1) is 10.3. The first-order valence-electron chi connectivity index (χ1n) is 7.07. The quantitative estimate of drug-likeness (QED) is 0.858. The molecule has 0 fully saturated rings. The van der Waals surface area contributed by atoms with Gasteiger partial charge in [-0.1, -0.05) is 12.1 Å². The third-order valence-electron chi connectivity index (χ3n) is 3.59. The predicted molar refractivity (Wildman–Crippen MR) is 82.2 cm³/mol. The van der Waals surface area contributed by atoms with Crippen LogP contribution in [0.1, 0.15) is 11.1 Å². The topological polar surface area (TPSA) is 53.7 Å². The Bertz CT molecular complexity index is 640. The van der Waals surface area contributed by atoms with Gasteiger partial charge in [0.15, 0.2) is 11.5 Å². The Labute approximate surface area is 124 Å². The average Bonchev–Trinajstić information content (AvgIpc) is 2.96. The van der Waals surface area contributed by atoms with Gasteiger partial charge in [0.05, 0.1) is 20.3 Å². The van der Waals surface area contributed by atoms with Gasteiger partial charge < -0.3 is 19.9 Å². The van der Waals surface area contributed by atoms with Gasteiger partial charge in [0.2, 0.25) is 0 Å². The summed E-state index contributed by atoms with van der Waals surface area (Å²) < 4.78 is 16.6. The first-order valence-corrected chi connectivity index (χ1v) is 7.07. The summed E-state index contributed by atoms with van der Waals surface area (Å²) >= 11 is 0. The van der Waals surface area contributed by atoms with Gasteiger partial charge in [-0.05, 0) is 29.3 Å². The zero-order valence-corrected chi connectivity index (χ0v) is 12.1. The molecule has 0 aliphatic carbocycles. The molecule has 21 heavy (non-hydrogen) atoms. The highest BCUT2D eigenvalue weighted by atomic mass is 16.5. The van der Waals surface area contributed by atoms with Crippen LogP contribution in [0.2, 0.25) is 0 Å². The first kappa shape index (κ1) is 13.6. The van der Waals surface area contributed by atoms with Crippen LogP contribution in [0.25, 0.3) is 0 Å². The molecule has 4 nitrogen and oxygen atoms in total. The maximum atomic E-state index is 5.79. The second-order valence-corrected chi connectivity index (χ2v) is 5.05. The summed E-state index contributed by atoms with van der Waals surface area (Å²) in [6.07, 6.45) is 1.84. The van der Waals surface area contributed by atoms with Crippen LogP contribution >= 0.6 is 0 Å². The highest BCUT2D eigenvalue weighted by molar-refractivity contribution is 5.52. The normalized spacial score (nSPS) is 12.6. The lowest BCUT2D eigenvalue weighted by molar-refractivity contribution is 0.298. The van der Waals surface area contributed by atoms with Crippen LogP contribution in [0.5, 0.6) is 17.2 Å². The van der Waals surface area contributed by atoms with Gasteiger partial charge in [-0.3, -0.25) is 0 Å². The molecule has 1 heterocycles. The summed E-state index contributed by atoms with van der Waals surface area (Å²) in [7, 11) is 1.61. The molecule has 0 radical (unpaired) electrons. The molecule has 0 saturated heterocycles. The Morgan fingerprint density at radius 3 is 2.90 bits per heavy atom. The summed E-state index contributed by atoms with van der Waals surface area (Å²) in [6.45, 7) is 1.39. The van der Waals surface area contributed by atoms with Crippen molar-refractivity contribution < 1.29 is 14.2 Å². The minimum atomic E-state index is 0.597. The van der Waals surface area contributed by atoms with Crippen LogP contribution in [0.15, 0.2) is 36.4 Å². The number of nitrogens with two attached hydrogens (primary N) is 1. The van der Waals surface area contributed by atoms with E-state index in [9.17, 15) is 0 Å². The lowest BCUT2D eigenvalue weighted by Crippen LogP contribution is -2.03. The number of anilines is 1. The Balaban J connectivity index is 1.61. The third kappa shape index (κ3) is 3.05. The Morgan fingerprint density at radius 1 is 1.14 bits per heavy atom. The van der Waals surface area contributed by atoms with Gasteiger partial charge in [-0.2, -0.15) is 0 Å². The van der Waals surface area contributed by atoms with Crippen molar-refractivity contribution in [2.75, 3.05) is 26.1 Å². The van der Waals surface area contributed by atoms with Crippen LogP contribution < -0.4 is 19.9 Å². The molecule has 0 amide bonds. The monoisotopic (exact) mass is 285 g/mol. The SMILES string of the molecule is COc1cc(N)ccc1OCCc1ccc2c(c1)CCO2. The highest BCUT2D eigenvalue weighted by Crippen LogP contribution is 2.29. The molecule has 0 bridgehead atoms. The van der Waals surface area contributed by atoms with Crippen molar-refractivity contribution in [2.24, 2.45) is 0 Å². The number of methoxy groups -OCH3 is 1. The molecule has 0 saturated carbocycles. The molecule has 2 N–H and O–H groups in total. The standard InChI is InChI=1S/C17H19NO3/c1-19-17-11-14(18)3-5-16(17)21-8-6-12-2-4-15-13(10-12)7-9-20-15/h2-5,10-11H,6-9,18H2,1H3. The minimum absolute atomic E-state index is 0.597. The third-order valence-corrected chi connectivity index (χ3v) is 3.59. The van der Waals surface area contributed by atoms with Crippen LogP contribution in [-0.4, -0.2) is 20.3 Å². The number of hydrogen-bond donors (Lipinski definition) is 1. The Kier molecular flexibility index (Phi) is 3.86. The van der Waals surface area contributed by atoms with E-state index in [0.29, 0.717) is 18.0 Å². The van der Waals surface area contributed by atoms with E-state index in [4.69, 9.17) is 19.9 Å². The zero-order valence-electron chi connectivity index (χ0n) is 12.1.